The van der Waals surface area contributed by atoms with Crippen LogP contribution in [0.25, 0.3) is 0 Å². The topological polar surface area (TPSA) is 34.1 Å². The van der Waals surface area contributed by atoms with Gasteiger partial charge in [0.25, 0.3) is 0 Å². The Balaban J connectivity index is 2.85. The fourth-order valence-electron chi connectivity index (χ4n) is 1.10. The Morgan fingerprint density at radius 2 is 1.67 bits per heavy atom. The normalized spacial score (nSPS) is 35.3. The summed E-state index contributed by atoms with van der Waals surface area (Å²) < 4.78 is 21.9. The van der Waals surface area contributed by atoms with Gasteiger partial charge in [-0.2, -0.15) is 0 Å². The van der Waals surface area contributed by atoms with Crippen molar-refractivity contribution in [1.29, 1.82) is 0 Å². The van der Waals surface area contributed by atoms with Gasteiger partial charge < -0.3 is 0 Å². The van der Waals surface area contributed by atoms with Crippen LogP contribution in [0.5, 0.6) is 0 Å². The van der Waals surface area contributed by atoms with E-state index in [4.69, 9.17) is 0 Å². The van der Waals surface area contributed by atoms with Crippen molar-refractivity contribution in [1.82, 2.24) is 0 Å². The Morgan fingerprint density at radius 1 is 1.17 bits per heavy atom. The molecule has 12 heavy (non-hydrogen) atoms. The summed E-state index contributed by atoms with van der Waals surface area (Å²) >= 11 is 13.4. The van der Waals surface area contributed by atoms with Crippen LogP contribution in [0.3, 0.4) is 0 Å². The van der Waals surface area contributed by atoms with Crippen LogP contribution in [-0.2, 0) is 9.84 Å². The van der Waals surface area contributed by atoms with E-state index in [1.807, 2.05) is 0 Å². The van der Waals surface area contributed by atoms with Crippen molar-refractivity contribution >= 4 is 73.6 Å². The molecular weight excluding hydrogens is 444 g/mol. The maximum absolute atomic E-state index is 11.2. The van der Waals surface area contributed by atoms with E-state index in [-0.39, 0.29) is 22.3 Å². The molecule has 0 aromatic carbocycles. The van der Waals surface area contributed by atoms with Gasteiger partial charge in [0.15, 0.2) is 9.84 Å². The lowest BCUT2D eigenvalue weighted by atomic mass is 10.2. The molecule has 0 bridgehead atoms. The first kappa shape index (κ1) is 11.9. The predicted molar refractivity (Wildman–Crippen MR) is 64.4 cm³/mol. The third kappa shape index (κ3) is 2.93. The molecule has 1 saturated heterocycles. The lowest BCUT2D eigenvalue weighted by Gasteiger charge is -2.21. The van der Waals surface area contributed by atoms with Gasteiger partial charge in [-0.25, -0.2) is 8.42 Å². The number of hydrogen-bond acceptors (Lipinski definition) is 2. The first-order chi connectivity index (χ1) is 5.22. The average Bonchev–Trinajstić information content (AvgIpc) is 2.03. The van der Waals surface area contributed by atoms with Gasteiger partial charge in [-0.1, -0.05) is 63.7 Å². The van der Waals surface area contributed by atoms with Gasteiger partial charge >= 0.3 is 0 Å². The van der Waals surface area contributed by atoms with Crippen LogP contribution >= 0.6 is 63.7 Å². The van der Waals surface area contributed by atoms with Crippen LogP contribution in [0.2, 0.25) is 0 Å². The van der Waals surface area contributed by atoms with Crippen molar-refractivity contribution < 1.29 is 8.42 Å². The van der Waals surface area contributed by atoms with E-state index < -0.39 is 12.0 Å². The average molecular weight is 450 g/mol. The van der Waals surface area contributed by atoms with Crippen molar-refractivity contribution in [3.8, 4) is 0 Å². The third-order valence-electron chi connectivity index (χ3n) is 1.70. The quantitative estimate of drug-likeness (QED) is 0.533. The smallest absolute Gasteiger partial charge is 0.151 e. The van der Waals surface area contributed by atoms with Crippen molar-refractivity contribution in [3.63, 3.8) is 0 Å². The lowest BCUT2D eigenvalue weighted by Crippen LogP contribution is -2.25. The summed E-state index contributed by atoms with van der Waals surface area (Å²) in [5.74, 6) is 0.412. The molecule has 1 rings (SSSR count). The monoisotopic (exact) mass is 446 g/mol. The maximum Gasteiger partial charge on any atom is 0.151 e. The van der Waals surface area contributed by atoms with Crippen molar-refractivity contribution in [2.75, 3.05) is 11.5 Å². The van der Waals surface area contributed by atoms with Gasteiger partial charge in [0, 0.05) is 10.7 Å². The van der Waals surface area contributed by atoms with Crippen LogP contribution in [0, 0.1) is 5.92 Å². The Morgan fingerprint density at radius 3 is 1.83 bits per heavy atom. The standard InChI is InChI=1S/C5H6Br4O2S/c6-4-2-12(10,11)1-3(4)5(7,8)9/h3-4H,1-2H2/t3-,4+/m1/s1. The fourth-order valence-corrected chi connectivity index (χ4v) is 8.18. The number of hydrogen-bond donors (Lipinski definition) is 0. The highest BCUT2D eigenvalue weighted by atomic mass is 80.0. The maximum atomic E-state index is 11.2. The summed E-state index contributed by atoms with van der Waals surface area (Å²) in [6.45, 7) is 0. The SMILES string of the molecule is O=S1(=O)C[C@@H](C(Br)(Br)Br)[C@@H](Br)C1. The highest BCUT2D eigenvalue weighted by Gasteiger charge is 2.45. The zero-order chi connectivity index (χ0) is 9.57. The summed E-state index contributed by atoms with van der Waals surface area (Å²) in [7, 11) is -2.86. The van der Waals surface area contributed by atoms with E-state index in [2.05, 4.69) is 63.7 Å². The molecule has 0 spiro atoms. The Kier molecular flexibility index (Phi) is 3.77. The molecule has 1 heterocycles. The van der Waals surface area contributed by atoms with Crippen molar-refractivity contribution in [3.05, 3.63) is 0 Å². The molecule has 7 heteroatoms. The minimum Gasteiger partial charge on any atom is -0.229 e. The van der Waals surface area contributed by atoms with Gasteiger partial charge in [0.1, 0.15) is 2.14 Å². The number of alkyl halides is 4. The minimum atomic E-state index is -2.86. The van der Waals surface area contributed by atoms with E-state index >= 15 is 0 Å². The zero-order valence-corrected chi connectivity index (χ0v) is 13.0. The van der Waals surface area contributed by atoms with Gasteiger partial charge in [0.05, 0.1) is 11.5 Å². The number of rotatable bonds is 0. The van der Waals surface area contributed by atoms with Crippen LogP contribution in [0.15, 0.2) is 0 Å². The molecule has 0 unspecified atom stereocenters. The van der Waals surface area contributed by atoms with Gasteiger partial charge in [-0.15, -0.1) is 0 Å². The molecule has 0 aliphatic carbocycles. The van der Waals surface area contributed by atoms with E-state index in [0.29, 0.717) is 0 Å². The molecule has 2 atom stereocenters. The number of sulfone groups is 1. The highest BCUT2D eigenvalue weighted by Crippen LogP contribution is 2.47. The minimum absolute atomic E-state index is 0.000579. The molecule has 0 aromatic heterocycles. The van der Waals surface area contributed by atoms with Crippen LogP contribution in [0.1, 0.15) is 0 Å². The van der Waals surface area contributed by atoms with Gasteiger partial charge in [-0.3, -0.25) is 0 Å². The lowest BCUT2D eigenvalue weighted by molar-refractivity contribution is 0.598. The van der Waals surface area contributed by atoms with E-state index in [0.717, 1.165) is 0 Å². The van der Waals surface area contributed by atoms with Crippen LogP contribution in [-0.4, -0.2) is 26.9 Å². The summed E-state index contributed by atoms with van der Waals surface area (Å²) in [6.07, 6.45) is 0. The molecule has 0 radical (unpaired) electrons. The molecule has 0 saturated carbocycles. The Hall–Kier alpha value is 1.87. The molecule has 2 nitrogen and oxygen atoms in total. The van der Waals surface area contributed by atoms with Gasteiger partial charge in [0.2, 0.25) is 0 Å². The summed E-state index contributed by atoms with van der Waals surface area (Å²) in [5, 5.41) is 0. The molecular formula is C5H6Br4O2S. The fraction of sp³-hybridized carbons (Fsp3) is 1.00. The highest BCUT2D eigenvalue weighted by molar-refractivity contribution is 9.39. The molecule has 1 aliphatic rings. The molecule has 0 amide bonds. The third-order valence-corrected chi connectivity index (χ3v) is 6.59. The molecule has 0 aromatic rings. The van der Waals surface area contributed by atoms with E-state index in [1.165, 1.54) is 0 Å². The largest absolute Gasteiger partial charge is 0.229 e. The number of halogens is 4. The molecule has 1 fully saturated rings. The summed E-state index contributed by atoms with van der Waals surface area (Å²) in [5.41, 5.74) is 0. The second kappa shape index (κ2) is 3.79. The zero-order valence-electron chi connectivity index (χ0n) is 5.81. The predicted octanol–water partition coefficient (Wildman–Crippen LogP) is 2.63. The second-order valence-electron chi connectivity index (χ2n) is 2.74. The first-order valence-corrected chi connectivity index (χ1v) is 8.25. The second-order valence-corrected chi connectivity index (χ2v) is 13.0. The Bertz CT molecular complexity index is 268. The van der Waals surface area contributed by atoms with Crippen molar-refractivity contribution in [2.45, 2.75) is 6.97 Å². The molecule has 72 valence electrons. The summed E-state index contributed by atoms with van der Waals surface area (Å²) in [6, 6.07) is 0. The first-order valence-electron chi connectivity index (χ1n) is 3.13. The summed E-state index contributed by atoms with van der Waals surface area (Å²) in [4.78, 5) is 0.000579. The van der Waals surface area contributed by atoms with Gasteiger partial charge in [-0.05, 0) is 0 Å². The molecule has 1 aliphatic heterocycles. The van der Waals surface area contributed by atoms with Crippen LogP contribution < -0.4 is 0 Å². The van der Waals surface area contributed by atoms with Crippen molar-refractivity contribution in [2.24, 2.45) is 5.92 Å². The molecule has 0 N–H and O–H groups in total. The Labute approximate surface area is 105 Å². The van der Waals surface area contributed by atoms with E-state index in [9.17, 15) is 8.42 Å². The van der Waals surface area contributed by atoms with Crippen LogP contribution in [0.4, 0.5) is 0 Å². The van der Waals surface area contributed by atoms with E-state index in [1.54, 1.807) is 0 Å².